The van der Waals surface area contributed by atoms with Crippen LogP contribution in [0.4, 0.5) is 9.52 Å². The third-order valence-corrected chi connectivity index (χ3v) is 12.2. The molecule has 0 amide bonds. The smallest absolute Gasteiger partial charge is 0.469 e. The molecular formula is C27H29Cl5FN2O8P3S. The van der Waals surface area contributed by atoms with E-state index < -0.39 is 32.4 Å². The van der Waals surface area contributed by atoms with E-state index in [1.165, 1.54) is 23.5 Å². The average Bonchev–Trinajstić information content (AvgIpc) is 3.67. The Morgan fingerprint density at radius 3 is 2.26 bits per heavy atom. The number of rotatable bonds is 13. The summed E-state index contributed by atoms with van der Waals surface area (Å²) in [7, 11) is -3.12. The van der Waals surface area contributed by atoms with Gasteiger partial charge in [0.2, 0.25) is 0 Å². The topological polar surface area (TPSA) is 135 Å². The molecule has 0 radical (unpaired) electrons. The van der Waals surface area contributed by atoms with Gasteiger partial charge in [0.25, 0.3) is 0 Å². The number of anilines is 1. The van der Waals surface area contributed by atoms with Gasteiger partial charge in [-0.3, -0.25) is 13.7 Å². The fourth-order valence-electron chi connectivity index (χ4n) is 4.49. The van der Waals surface area contributed by atoms with Crippen LogP contribution in [-0.2, 0) is 29.1 Å². The van der Waals surface area contributed by atoms with Gasteiger partial charge >= 0.3 is 20.0 Å². The summed E-state index contributed by atoms with van der Waals surface area (Å²) in [5.41, 5.74) is 3.25. The molecule has 1 fully saturated rings. The molecular weight excluding hydrogens is 802 g/mol. The van der Waals surface area contributed by atoms with Crippen LogP contribution in [0.1, 0.15) is 46.9 Å². The van der Waals surface area contributed by atoms with Crippen molar-refractivity contribution in [2.24, 2.45) is 5.92 Å². The minimum Gasteiger partial charge on any atom is -0.496 e. The number of aryl methyl sites for hydroxylation is 2. The van der Waals surface area contributed by atoms with Crippen LogP contribution >= 0.6 is 87.9 Å². The maximum absolute atomic E-state index is 15.0. The number of nitrogens with zero attached hydrogens (tertiary/aromatic N) is 2. The van der Waals surface area contributed by atoms with Crippen LogP contribution in [0.2, 0.25) is 5.02 Å². The molecule has 0 aliphatic heterocycles. The second kappa shape index (κ2) is 16.9. The van der Waals surface area contributed by atoms with Crippen LogP contribution in [-0.4, -0.2) is 28.4 Å². The molecule has 0 bridgehead atoms. The number of thiazole rings is 1. The van der Waals surface area contributed by atoms with E-state index >= 15 is 0 Å². The van der Waals surface area contributed by atoms with Crippen molar-refractivity contribution in [2.45, 2.75) is 45.8 Å². The highest BCUT2D eigenvalue weighted by atomic mass is 35.9. The van der Waals surface area contributed by atoms with Gasteiger partial charge in [-0.2, -0.15) is 0 Å². The predicted molar refractivity (Wildman–Crippen MR) is 188 cm³/mol. The van der Waals surface area contributed by atoms with Gasteiger partial charge < -0.3 is 19.4 Å². The third-order valence-electron chi connectivity index (χ3n) is 6.70. The molecule has 1 heterocycles. The maximum atomic E-state index is 15.0. The lowest BCUT2D eigenvalue weighted by molar-refractivity contribution is 0.187. The summed E-state index contributed by atoms with van der Waals surface area (Å²) in [6.07, 6.45) is 1.01. The lowest BCUT2D eigenvalue weighted by Gasteiger charge is -2.31. The number of halogens is 6. The first-order valence-corrected chi connectivity index (χ1v) is 23.0. The van der Waals surface area contributed by atoms with E-state index in [4.69, 9.17) is 82.5 Å². The first kappa shape index (κ1) is 40.6. The van der Waals surface area contributed by atoms with E-state index in [1.54, 1.807) is 19.2 Å². The summed E-state index contributed by atoms with van der Waals surface area (Å²) in [6, 6.07) is 8.13. The molecule has 1 atom stereocenters. The zero-order valence-electron chi connectivity index (χ0n) is 24.9. The molecule has 47 heavy (non-hydrogen) atoms. The third kappa shape index (κ3) is 13.1. The number of ether oxygens (including phenoxy) is 1. The molecule has 1 aromatic heterocycles. The summed E-state index contributed by atoms with van der Waals surface area (Å²) in [4.78, 5) is 25.9. The summed E-state index contributed by atoms with van der Waals surface area (Å²) < 4.78 is 60.1. The Labute approximate surface area is 300 Å². The van der Waals surface area contributed by atoms with E-state index in [2.05, 4.69) is 14.8 Å². The highest BCUT2D eigenvalue weighted by molar-refractivity contribution is 8.15. The van der Waals surface area contributed by atoms with Crippen LogP contribution in [0.3, 0.4) is 0 Å². The number of phosphoric ester groups is 1. The van der Waals surface area contributed by atoms with Crippen molar-refractivity contribution < 1.29 is 41.4 Å². The molecule has 0 spiro atoms. The number of terminal acetylenes is 1. The maximum Gasteiger partial charge on any atom is 0.469 e. The fraction of sp³-hybridized carbons (Fsp3) is 0.370. The molecule has 1 aliphatic rings. The zero-order chi connectivity index (χ0) is 35.3. The summed E-state index contributed by atoms with van der Waals surface area (Å²) >= 11 is 27.2. The van der Waals surface area contributed by atoms with E-state index in [1.807, 2.05) is 24.8 Å². The van der Waals surface area contributed by atoms with Gasteiger partial charge in [-0.15, -0.1) is 17.8 Å². The Hall–Kier alpha value is -0.860. The highest BCUT2D eigenvalue weighted by Crippen LogP contribution is 2.74. The van der Waals surface area contributed by atoms with Crippen LogP contribution in [0, 0.1) is 37.9 Å². The summed E-state index contributed by atoms with van der Waals surface area (Å²) in [5.74, 6) is 3.32. The Morgan fingerprint density at radius 2 is 1.77 bits per heavy atom. The van der Waals surface area contributed by atoms with Crippen molar-refractivity contribution in [2.75, 3.05) is 18.6 Å². The van der Waals surface area contributed by atoms with E-state index in [9.17, 15) is 18.1 Å². The van der Waals surface area contributed by atoms with Crippen molar-refractivity contribution in [1.29, 1.82) is 0 Å². The van der Waals surface area contributed by atoms with Gasteiger partial charge in [0.05, 0.1) is 37.0 Å². The van der Waals surface area contributed by atoms with E-state index in [-0.39, 0.29) is 18.2 Å². The molecule has 20 heteroatoms. The Balaban J connectivity index is 0.000000584. The predicted octanol–water partition coefficient (Wildman–Crippen LogP) is 11.0. The van der Waals surface area contributed by atoms with Gasteiger partial charge in [-0.1, -0.05) is 42.5 Å². The van der Waals surface area contributed by atoms with E-state index in [0.717, 1.165) is 41.0 Å². The van der Waals surface area contributed by atoms with Crippen LogP contribution in [0.5, 0.6) is 5.75 Å². The van der Waals surface area contributed by atoms with Crippen molar-refractivity contribution in [3.63, 3.8) is 0 Å². The highest BCUT2D eigenvalue weighted by Gasteiger charge is 2.32. The lowest BCUT2D eigenvalue weighted by Crippen LogP contribution is -2.29. The standard InChI is InChI=1S/C27H29ClFN2O5PS.Cl4O3P2/c1-5-10-31(27-30-26(17(3)38-27)21-11-16(2)25(35-4)14-22(21)28)24(12-18-6-7-18)19-8-9-20(23(29)13-19)15-36-37(32,33)34;1-8(2,5)7-9(3,4)6/h1,8-9,11,13-14,18,24H,6-7,10,12,15H2,2-4H3,(H2,32,33,34);/t24-;/m0./s1. The van der Waals surface area contributed by atoms with Gasteiger partial charge in [-0.05, 0) is 100 Å². The molecule has 4 rings (SSSR count). The Bertz CT molecular complexity index is 1750. The van der Waals surface area contributed by atoms with Crippen molar-refractivity contribution in [3.05, 3.63) is 62.7 Å². The average molecular weight is 831 g/mol. The van der Waals surface area contributed by atoms with Crippen LogP contribution < -0.4 is 9.64 Å². The molecule has 10 nitrogen and oxygen atoms in total. The second-order valence-corrected chi connectivity index (χ2v) is 21.8. The molecule has 1 aliphatic carbocycles. The number of hydrogen-bond acceptors (Lipinski definition) is 9. The molecule has 3 aromatic rings. The van der Waals surface area contributed by atoms with Gasteiger partial charge in [0.1, 0.15) is 11.6 Å². The summed E-state index contributed by atoms with van der Waals surface area (Å²) in [5, 5.41) is 1.24. The number of hydrogen-bond donors (Lipinski definition) is 2. The van der Waals surface area contributed by atoms with Crippen molar-refractivity contribution in [3.8, 4) is 29.4 Å². The Morgan fingerprint density at radius 1 is 1.13 bits per heavy atom. The summed E-state index contributed by atoms with van der Waals surface area (Å²) in [6.45, 7) is 3.66. The van der Waals surface area contributed by atoms with Crippen LogP contribution in [0.15, 0.2) is 30.3 Å². The monoisotopic (exact) mass is 828 g/mol. The number of phosphoric acid groups is 1. The van der Waals surface area contributed by atoms with Crippen molar-refractivity contribution in [1.82, 2.24) is 4.98 Å². The minimum absolute atomic E-state index is 0.0580. The number of benzene rings is 2. The van der Waals surface area contributed by atoms with Crippen LogP contribution in [0.25, 0.3) is 11.3 Å². The van der Waals surface area contributed by atoms with Crippen molar-refractivity contribution >= 4 is 93.0 Å². The first-order valence-electron chi connectivity index (χ1n) is 13.4. The molecule has 0 saturated heterocycles. The lowest BCUT2D eigenvalue weighted by atomic mass is 9.98. The molecule has 258 valence electrons. The quantitative estimate of drug-likeness (QED) is 0.127. The molecule has 1 saturated carbocycles. The fourth-order valence-corrected chi connectivity index (χ4v) is 11.2. The Kier molecular flexibility index (Phi) is 14.6. The second-order valence-electron chi connectivity index (χ2n) is 10.3. The number of methoxy groups -OCH3 is 1. The van der Waals surface area contributed by atoms with E-state index in [0.29, 0.717) is 27.4 Å². The largest absolute Gasteiger partial charge is 0.496 e. The molecule has 0 unspecified atom stereocenters. The van der Waals surface area contributed by atoms with Gasteiger partial charge in [0.15, 0.2) is 5.13 Å². The normalized spacial score (nSPS) is 14.2. The van der Waals surface area contributed by atoms with Gasteiger partial charge in [0, 0.05) is 16.0 Å². The van der Waals surface area contributed by atoms with Gasteiger partial charge in [-0.25, -0.2) is 18.3 Å². The first-order chi connectivity index (χ1) is 21.7. The molecule has 2 aromatic carbocycles. The SMILES string of the molecule is C#CCN(c1nc(-c2cc(C)c(OC)cc2Cl)c(C)s1)[C@@H](CC1CC1)c1ccc(COP(=O)(O)O)c(F)c1.O=P(Cl)(Cl)OP(=O)(Cl)Cl. The number of aromatic nitrogens is 1. The minimum atomic E-state index is -4.72. The molecule has 2 N–H and O–H groups in total. The zero-order valence-corrected chi connectivity index (χ0v) is 32.2.